The maximum Gasteiger partial charge on any atom is 0.341 e. The van der Waals surface area contributed by atoms with Gasteiger partial charge in [-0.3, -0.25) is 0 Å². The third-order valence-electron chi connectivity index (χ3n) is 2.87. The molecule has 3 aromatic rings. The third-order valence-corrected chi connectivity index (χ3v) is 3.39. The first-order valence-corrected chi connectivity index (χ1v) is 7.17. The van der Waals surface area contributed by atoms with E-state index in [1.165, 1.54) is 0 Å². The molecule has 0 fully saturated rings. The summed E-state index contributed by atoms with van der Waals surface area (Å²) in [6, 6.07) is 15.2. The maximum atomic E-state index is 5.97. The molecular formula is C15H11Cl2N3O. The molecule has 0 amide bonds. The van der Waals surface area contributed by atoms with E-state index in [9.17, 15) is 0 Å². The van der Waals surface area contributed by atoms with Crippen LogP contribution in [0.15, 0.2) is 54.9 Å². The van der Waals surface area contributed by atoms with Crippen molar-refractivity contribution in [2.45, 2.75) is 5.88 Å². The lowest BCUT2D eigenvalue weighted by Gasteiger charge is -2.06. The van der Waals surface area contributed by atoms with Crippen LogP contribution in [0.25, 0.3) is 5.69 Å². The van der Waals surface area contributed by atoms with Gasteiger partial charge in [-0.2, -0.15) is 4.98 Å². The number of aromatic nitrogens is 3. The normalized spacial score (nSPS) is 10.6. The first-order chi connectivity index (χ1) is 10.3. The number of halogens is 2. The molecule has 2 aromatic carbocycles. The molecule has 0 N–H and O–H groups in total. The molecule has 0 aliphatic carbocycles. The molecule has 1 heterocycles. The van der Waals surface area contributed by atoms with E-state index < -0.39 is 0 Å². The molecule has 21 heavy (non-hydrogen) atoms. The van der Waals surface area contributed by atoms with Gasteiger partial charge < -0.3 is 4.74 Å². The average molecular weight is 320 g/mol. The van der Waals surface area contributed by atoms with Gasteiger partial charge in [0.1, 0.15) is 12.1 Å². The minimum Gasteiger partial charge on any atom is -0.423 e. The lowest BCUT2D eigenvalue weighted by molar-refractivity contribution is 0.438. The molecule has 0 radical (unpaired) electrons. The molecule has 4 nitrogen and oxygen atoms in total. The van der Waals surface area contributed by atoms with Gasteiger partial charge in [-0.05, 0) is 24.3 Å². The van der Waals surface area contributed by atoms with Gasteiger partial charge in [-0.15, -0.1) is 16.7 Å². The van der Waals surface area contributed by atoms with Gasteiger partial charge in [-0.25, -0.2) is 4.68 Å². The smallest absolute Gasteiger partial charge is 0.341 e. The fourth-order valence-corrected chi connectivity index (χ4v) is 2.21. The molecule has 0 aliphatic heterocycles. The number of para-hydroxylation sites is 1. The molecule has 0 aliphatic rings. The van der Waals surface area contributed by atoms with Crippen molar-refractivity contribution in [1.82, 2.24) is 14.8 Å². The van der Waals surface area contributed by atoms with E-state index in [1.54, 1.807) is 23.1 Å². The van der Waals surface area contributed by atoms with Crippen LogP contribution < -0.4 is 4.74 Å². The molecule has 1 aromatic heterocycles. The van der Waals surface area contributed by atoms with Crippen LogP contribution in [0.5, 0.6) is 11.8 Å². The van der Waals surface area contributed by atoms with Gasteiger partial charge >= 0.3 is 6.01 Å². The van der Waals surface area contributed by atoms with E-state index in [4.69, 9.17) is 27.9 Å². The second-order valence-electron chi connectivity index (χ2n) is 4.29. The molecule has 106 valence electrons. The van der Waals surface area contributed by atoms with Crippen LogP contribution in [0.2, 0.25) is 5.02 Å². The zero-order valence-corrected chi connectivity index (χ0v) is 12.4. The van der Waals surface area contributed by atoms with Gasteiger partial charge in [0.05, 0.1) is 11.6 Å². The lowest BCUT2D eigenvalue weighted by atomic mass is 10.2. The highest BCUT2D eigenvalue weighted by Gasteiger charge is 2.09. The highest BCUT2D eigenvalue weighted by molar-refractivity contribution is 6.30. The van der Waals surface area contributed by atoms with Crippen LogP contribution in [-0.2, 0) is 5.88 Å². The Morgan fingerprint density at radius 2 is 1.90 bits per heavy atom. The highest BCUT2D eigenvalue weighted by Crippen LogP contribution is 2.28. The molecule has 0 atom stereocenters. The summed E-state index contributed by atoms with van der Waals surface area (Å²) in [4.78, 5) is 4.14. The van der Waals surface area contributed by atoms with E-state index in [0.29, 0.717) is 16.7 Å². The SMILES string of the molecule is ClCc1ccc(Cl)cc1Oc1ncn(-c2ccccc2)n1. The lowest BCUT2D eigenvalue weighted by Crippen LogP contribution is -1.95. The Labute approximate surface area is 131 Å². The van der Waals surface area contributed by atoms with Crippen LogP contribution >= 0.6 is 23.2 Å². The summed E-state index contributed by atoms with van der Waals surface area (Å²) in [7, 11) is 0. The monoisotopic (exact) mass is 319 g/mol. The average Bonchev–Trinajstić information content (AvgIpc) is 2.97. The Morgan fingerprint density at radius 3 is 2.67 bits per heavy atom. The van der Waals surface area contributed by atoms with Gasteiger partial charge in [0.15, 0.2) is 0 Å². The molecule has 0 spiro atoms. The Morgan fingerprint density at radius 1 is 1.10 bits per heavy atom. The molecule has 0 saturated heterocycles. The third kappa shape index (κ3) is 3.17. The number of hydrogen-bond acceptors (Lipinski definition) is 3. The Bertz CT molecular complexity index is 744. The van der Waals surface area contributed by atoms with Gasteiger partial charge in [0.25, 0.3) is 0 Å². The molecular weight excluding hydrogens is 309 g/mol. The minimum absolute atomic E-state index is 0.243. The molecule has 3 rings (SSSR count). The van der Waals surface area contributed by atoms with E-state index in [2.05, 4.69) is 10.1 Å². The summed E-state index contributed by atoms with van der Waals surface area (Å²) in [5.41, 5.74) is 1.74. The van der Waals surface area contributed by atoms with Crippen molar-refractivity contribution in [3.63, 3.8) is 0 Å². The molecule has 0 unspecified atom stereocenters. The summed E-state index contributed by atoms with van der Waals surface area (Å²) in [5, 5.41) is 4.85. The first kappa shape index (κ1) is 13.9. The van der Waals surface area contributed by atoms with E-state index >= 15 is 0 Å². The molecule has 0 bridgehead atoms. The Hall–Kier alpha value is -2.04. The Kier molecular flexibility index (Phi) is 4.08. The van der Waals surface area contributed by atoms with Crippen LogP contribution in [0, 0.1) is 0 Å². The number of hydrogen-bond donors (Lipinski definition) is 0. The van der Waals surface area contributed by atoms with E-state index in [0.717, 1.165) is 11.3 Å². The number of ether oxygens (including phenoxy) is 1. The zero-order valence-electron chi connectivity index (χ0n) is 10.9. The topological polar surface area (TPSA) is 39.9 Å². The van der Waals surface area contributed by atoms with Crippen molar-refractivity contribution in [2.75, 3.05) is 0 Å². The standard InChI is InChI=1S/C15H11Cl2N3O/c16-9-11-6-7-12(17)8-14(11)21-15-18-10-20(19-15)13-4-2-1-3-5-13/h1-8,10H,9H2. The first-order valence-electron chi connectivity index (χ1n) is 6.25. The van der Waals surface area contributed by atoms with Gasteiger partial charge in [0.2, 0.25) is 0 Å². The predicted octanol–water partition coefficient (Wildman–Crippen LogP) is 4.45. The number of nitrogens with zero attached hydrogens (tertiary/aromatic N) is 3. The zero-order chi connectivity index (χ0) is 14.7. The summed E-state index contributed by atoms with van der Waals surface area (Å²) < 4.78 is 7.31. The predicted molar refractivity (Wildman–Crippen MR) is 82.4 cm³/mol. The largest absolute Gasteiger partial charge is 0.423 e. The molecule has 6 heteroatoms. The summed E-state index contributed by atoms with van der Waals surface area (Å²) in [6.07, 6.45) is 1.59. The van der Waals surface area contributed by atoms with Gasteiger partial charge in [-0.1, -0.05) is 35.9 Å². The van der Waals surface area contributed by atoms with E-state index in [-0.39, 0.29) is 6.01 Å². The molecule has 0 saturated carbocycles. The minimum atomic E-state index is 0.243. The maximum absolute atomic E-state index is 5.97. The fourth-order valence-electron chi connectivity index (χ4n) is 1.83. The number of alkyl halides is 1. The van der Waals surface area contributed by atoms with Crippen molar-refractivity contribution in [2.24, 2.45) is 0 Å². The van der Waals surface area contributed by atoms with Crippen LogP contribution in [0.4, 0.5) is 0 Å². The summed E-state index contributed by atoms with van der Waals surface area (Å²) >= 11 is 11.9. The summed E-state index contributed by atoms with van der Waals surface area (Å²) in [5.74, 6) is 0.884. The fraction of sp³-hybridized carbons (Fsp3) is 0.0667. The van der Waals surface area contributed by atoms with Gasteiger partial charge in [0, 0.05) is 10.6 Å². The number of rotatable bonds is 4. The van der Waals surface area contributed by atoms with Crippen molar-refractivity contribution in [3.05, 3.63) is 65.4 Å². The highest BCUT2D eigenvalue weighted by atomic mass is 35.5. The van der Waals surface area contributed by atoms with Crippen LogP contribution in [0.3, 0.4) is 0 Å². The van der Waals surface area contributed by atoms with Crippen molar-refractivity contribution >= 4 is 23.2 Å². The second kappa shape index (κ2) is 6.16. The van der Waals surface area contributed by atoms with Crippen molar-refractivity contribution in [3.8, 4) is 17.4 Å². The van der Waals surface area contributed by atoms with Crippen molar-refractivity contribution < 1.29 is 4.74 Å². The quantitative estimate of drug-likeness (QED) is 0.667. The van der Waals surface area contributed by atoms with E-state index in [1.807, 2.05) is 36.4 Å². The summed E-state index contributed by atoms with van der Waals surface area (Å²) in [6.45, 7) is 0. The van der Waals surface area contributed by atoms with Crippen LogP contribution in [-0.4, -0.2) is 14.8 Å². The second-order valence-corrected chi connectivity index (χ2v) is 5.00. The Balaban J connectivity index is 1.87. The van der Waals surface area contributed by atoms with Crippen molar-refractivity contribution in [1.29, 1.82) is 0 Å². The van der Waals surface area contributed by atoms with Crippen LogP contribution in [0.1, 0.15) is 5.56 Å². The number of benzene rings is 2.